The van der Waals surface area contributed by atoms with Gasteiger partial charge in [0.05, 0.1) is 5.56 Å². The molecule has 2 rings (SSSR count). The molecule has 1 unspecified atom stereocenters. The molecular formula is C13H13N3S. The molecule has 3 nitrogen and oxygen atoms in total. The van der Waals surface area contributed by atoms with Gasteiger partial charge in [-0.1, -0.05) is 0 Å². The molecule has 0 radical (unpaired) electrons. The van der Waals surface area contributed by atoms with E-state index in [4.69, 9.17) is 5.26 Å². The summed E-state index contributed by atoms with van der Waals surface area (Å²) in [5.41, 5.74) is 1.96. The fourth-order valence-electron chi connectivity index (χ4n) is 1.56. The van der Waals surface area contributed by atoms with E-state index in [-0.39, 0.29) is 6.04 Å². The van der Waals surface area contributed by atoms with Crippen molar-refractivity contribution in [1.29, 1.82) is 5.26 Å². The van der Waals surface area contributed by atoms with Crippen LogP contribution >= 0.6 is 11.3 Å². The number of hydrogen-bond donors (Lipinski definition) is 1. The predicted molar refractivity (Wildman–Crippen MR) is 68.5 cm³/mol. The summed E-state index contributed by atoms with van der Waals surface area (Å²) in [7, 11) is 0. The van der Waals surface area contributed by atoms with Crippen LogP contribution in [0.1, 0.15) is 29.0 Å². The Hall–Kier alpha value is -1.70. The number of hydrogen-bond acceptors (Lipinski definition) is 4. The second-order valence-electron chi connectivity index (χ2n) is 3.80. The molecule has 1 N–H and O–H groups in total. The monoisotopic (exact) mass is 243 g/mol. The first-order chi connectivity index (χ1) is 8.29. The van der Waals surface area contributed by atoms with E-state index in [0.717, 1.165) is 12.1 Å². The standard InChI is InChI=1S/C13H13N3S/c1-10(12-2-4-15-5-3-12)16-8-13-6-11(7-14)9-17-13/h2-6,9-10,16H,8H2,1H3. The molecule has 0 aliphatic heterocycles. The molecule has 0 aliphatic carbocycles. The van der Waals surface area contributed by atoms with Crippen LogP contribution in [0.15, 0.2) is 36.0 Å². The average molecular weight is 243 g/mol. The van der Waals surface area contributed by atoms with Gasteiger partial charge in [-0.2, -0.15) is 5.26 Å². The van der Waals surface area contributed by atoms with Crippen molar-refractivity contribution < 1.29 is 0 Å². The number of pyridine rings is 1. The van der Waals surface area contributed by atoms with Crippen LogP contribution in [0.4, 0.5) is 0 Å². The highest BCUT2D eigenvalue weighted by Crippen LogP contribution is 2.16. The van der Waals surface area contributed by atoms with Crippen LogP contribution < -0.4 is 5.32 Å². The third kappa shape index (κ3) is 3.13. The number of nitrogens with zero attached hydrogens (tertiary/aromatic N) is 2. The van der Waals surface area contributed by atoms with Gasteiger partial charge in [-0.25, -0.2) is 0 Å². The maximum Gasteiger partial charge on any atom is 0.100 e. The lowest BCUT2D eigenvalue weighted by molar-refractivity contribution is 0.578. The zero-order valence-corrected chi connectivity index (χ0v) is 10.4. The largest absolute Gasteiger partial charge is 0.305 e. The SMILES string of the molecule is CC(NCc1cc(C#N)cs1)c1ccncc1. The Bertz CT molecular complexity index is 513. The van der Waals surface area contributed by atoms with Gasteiger partial charge in [0.2, 0.25) is 0 Å². The molecule has 0 aliphatic rings. The van der Waals surface area contributed by atoms with Crippen LogP contribution in [0.2, 0.25) is 0 Å². The van der Waals surface area contributed by atoms with Gasteiger partial charge >= 0.3 is 0 Å². The molecule has 0 aromatic carbocycles. The van der Waals surface area contributed by atoms with Crippen molar-refractivity contribution in [2.24, 2.45) is 0 Å². The third-order valence-electron chi connectivity index (χ3n) is 2.57. The van der Waals surface area contributed by atoms with Crippen LogP contribution in [0, 0.1) is 11.3 Å². The van der Waals surface area contributed by atoms with E-state index in [2.05, 4.69) is 23.3 Å². The third-order valence-corrected chi connectivity index (χ3v) is 3.51. The molecule has 86 valence electrons. The second-order valence-corrected chi connectivity index (χ2v) is 4.79. The van der Waals surface area contributed by atoms with Gasteiger partial charge in [0.1, 0.15) is 6.07 Å². The molecule has 0 saturated carbocycles. The van der Waals surface area contributed by atoms with Crippen molar-refractivity contribution >= 4 is 11.3 Å². The van der Waals surface area contributed by atoms with Gasteiger partial charge in [-0.15, -0.1) is 11.3 Å². The molecule has 17 heavy (non-hydrogen) atoms. The first-order valence-corrected chi connectivity index (χ1v) is 6.28. The molecule has 2 aromatic rings. The summed E-state index contributed by atoms with van der Waals surface area (Å²) in [6, 6.07) is 8.37. The predicted octanol–water partition coefficient (Wildman–Crippen LogP) is 2.87. The van der Waals surface area contributed by atoms with Crippen molar-refractivity contribution in [1.82, 2.24) is 10.3 Å². The summed E-state index contributed by atoms with van der Waals surface area (Å²) in [5.74, 6) is 0. The van der Waals surface area contributed by atoms with Gasteiger partial charge in [-0.05, 0) is 30.7 Å². The van der Waals surface area contributed by atoms with E-state index in [1.165, 1.54) is 10.4 Å². The fraction of sp³-hybridized carbons (Fsp3) is 0.231. The van der Waals surface area contributed by atoms with Crippen molar-refractivity contribution in [2.75, 3.05) is 0 Å². The number of thiophene rings is 1. The van der Waals surface area contributed by atoms with Gasteiger partial charge in [0, 0.05) is 35.2 Å². The summed E-state index contributed by atoms with van der Waals surface area (Å²) in [4.78, 5) is 5.18. The zero-order chi connectivity index (χ0) is 12.1. The number of nitriles is 1. The Labute approximate surface area is 105 Å². The Morgan fingerprint density at radius 2 is 2.24 bits per heavy atom. The lowest BCUT2D eigenvalue weighted by atomic mass is 10.1. The van der Waals surface area contributed by atoms with Crippen LogP contribution in [0.3, 0.4) is 0 Å². The molecule has 0 spiro atoms. The molecule has 4 heteroatoms. The minimum atomic E-state index is 0.283. The first kappa shape index (κ1) is 11.8. The van der Waals surface area contributed by atoms with Gasteiger partial charge in [-0.3, -0.25) is 4.98 Å². The van der Waals surface area contributed by atoms with Crippen molar-refractivity contribution in [2.45, 2.75) is 19.5 Å². The Morgan fingerprint density at radius 1 is 1.47 bits per heavy atom. The van der Waals surface area contributed by atoms with Gasteiger partial charge in [0.15, 0.2) is 0 Å². The lowest BCUT2D eigenvalue weighted by Gasteiger charge is -2.12. The quantitative estimate of drug-likeness (QED) is 0.898. The lowest BCUT2D eigenvalue weighted by Crippen LogP contribution is -2.17. The molecule has 0 fully saturated rings. The highest BCUT2D eigenvalue weighted by molar-refractivity contribution is 7.10. The van der Waals surface area contributed by atoms with E-state index in [1.807, 2.05) is 23.6 Å². The van der Waals surface area contributed by atoms with Crippen LogP contribution in [-0.2, 0) is 6.54 Å². The molecule has 1 atom stereocenters. The van der Waals surface area contributed by atoms with E-state index < -0.39 is 0 Å². The van der Waals surface area contributed by atoms with Crippen molar-refractivity contribution in [3.05, 3.63) is 52.0 Å². The number of nitrogens with one attached hydrogen (secondary N) is 1. The molecule has 2 heterocycles. The summed E-state index contributed by atoms with van der Waals surface area (Å²) in [5, 5.41) is 14.0. The maximum atomic E-state index is 8.74. The molecular weight excluding hydrogens is 230 g/mol. The molecule has 0 amide bonds. The first-order valence-electron chi connectivity index (χ1n) is 5.40. The van der Waals surface area contributed by atoms with E-state index >= 15 is 0 Å². The fourth-order valence-corrected chi connectivity index (χ4v) is 2.32. The van der Waals surface area contributed by atoms with E-state index in [9.17, 15) is 0 Å². The second kappa shape index (κ2) is 5.58. The van der Waals surface area contributed by atoms with Gasteiger partial charge < -0.3 is 5.32 Å². The summed E-state index contributed by atoms with van der Waals surface area (Å²) in [6.45, 7) is 2.91. The molecule has 2 aromatic heterocycles. The Balaban J connectivity index is 1.92. The Morgan fingerprint density at radius 3 is 2.88 bits per heavy atom. The van der Waals surface area contributed by atoms with Crippen molar-refractivity contribution in [3.8, 4) is 6.07 Å². The zero-order valence-electron chi connectivity index (χ0n) is 9.55. The smallest absolute Gasteiger partial charge is 0.100 e. The van der Waals surface area contributed by atoms with Crippen LogP contribution in [0.5, 0.6) is 0 Å². The average Bonchev–Trinajstić information content (AvgIpc) is 2.85. The maximum absolute atomic E-state index is 8.74. The molecule has 0 bridgehead atoms. The summed E-state index contributed by atoms with van der Waals surface area (Å²) >= 11 is 1.61. The van der Waals surface area contributed by atoms with Crippen LogP contribution in [-0.4, -0.2) is 4.98 Å². The highest BCUT2D eigenvalue weighted by atomic mass is 32.1. The Kier molecular flexibility index (Phi) is 3.86. The van der Waals surface area contributed by atoms with Crippen molar-refractivity contribution in [3.63, 3.8) is 0 Å². The topological polar surface area (TPSA) is 48.7 Å². The van der Waals surface area contributed by atoms with Gasteiger partial charge in [0.25, 0.3) is 0 Å². The normalized spacial score (nSPS) is 12.0. The molecule has 0 saturated heterocycles. The summed E-state index contributed by atoms with van der Waals surface area (Å²) < 4.78 is 0. The van der Waals surface area contributed by atoms with E-state index in [0.29, 0.717) is 0 Å². The number of aromatic nitrogens is 1. The summed E-state index contributed by atoms with van der Waals surface area (Å²) in [6.07, 6.45) is 3.60. The van der Waals surface area contributed by atoms with Crippen LogP contribution in [0.25, 0.3) is 0 Å². The minimum absolute atomic E-state index is 0.283. The minimum Gasteiger partial charge on any atom is -0.305 e. The van der Waals surface area contributed by atoms with E-state index in [1.54, 1.807) is 23.7 Å². The highest BCUT2D eigenvalue weighted by Gasteiger charge is 2.05. The number of rotatable bonds is 4.